The molecule has 0 fully saturated rings. The Morgan fingerprint density at radius 2 is 0.386 bits per heavy atom. The van der Waals surface area contributed by atoms with E-state index in [2.05, 4.69) is 360 Å². The highest BCUT2D eigenvalue weighted by atomic mass is 32.1. The van der Waals surface area contributed by atoms with Crippen LogP contribution in [0.3, 0.4) is 0 Å². The van der Waals surface area contributed by atoms with E-state index in [9.17, 15) is 0 Å². The third kappa shape index (κ3) is 11.3. The first-order valence-electron chi connectivity index (χ1n) is 29.6. The zero-order valence-electron chi connectivity index (χ0n) is 48.0. The molecular weight excluding hydrogens is 1120 g/mol. The number of para-hydroxylation sites is 2. The van der Waals surface area contributed by atoms with Gasteiger partial charge in [-0.1, -0.05) is 200 Å². The maximum atomic E-state index is 2.36. The summed E-state index contributed by atoms with van der Waals surface area (Å²) in [6.45, 7) is 0. The second-order valence-electron chi connectivity index (χ2n) is 21.7. The largest absolute Gasteiger partial charge is 0.311 e. The molecule has 6 heteroatoms. The molecule has 12 aromatic carbocycles. The molecule has 15 rings (SSSR count). The van der Waals surface area contributed by atoms with Crippen molar-refractivity contribution in [3.05, 3.63) is 346 Å². The van der Waals surface area contributed by atoms with Crippen LogP contribution in [0.25, 0.3) is 84.5 Å². The number of fused-ring (bicyclic) bond motifs is 1. The molecule has 0 unspecified atom stereocenters. The van der Waals surface area contributed by atoms with Gasteiger partial charge in [0.25, 0.3) is 0 Å². The number of benzene rings is 12. The van der Waals surface area contributed by atoms with Crippen molar-refractivity contribution in [2.75, 3.05) is 14.7 Å². The molecule has 0 spiro atoms. The summed E-state index contributed by atoms with van der Waals surface area (Å²) in [6.07, 6.45) is 0. The van der Waals surface area contributed by atoms with Gasteiger partial charge in [-0.15, -0.1) is 34.0 Å². The molecule has 3 nitrogen and oxygen atoms in total. The Balaban J connectivity index is 0.700. The summed E-state index contributed by atoms with van der Waals surface area (Å²) in [4.78, 5) is 13.3. The van der Waals surface area contributed by atoms with Crippen LogP contribution in [0.2, 0.25) is 0 Å². The maximum Gasteiger partial charge on any atom is 0.0462 e. The first-order chi connectivity index (χ1) is 43.6. The standard InChI is InChI=1S/C82H57N3S3/c1-5-15-62(16-6-1)78-53-55-80(86-78)64-33-47-74(48-34-64)83(68-20-9-3-10-21-68)70-39-25-58(26-40-70)60-29-43-72(44-30-60)85(76-51-37-66(38-52-76)82-57-67-19-13-14-24-77(67)88-82)73-45-31-61(32-46-73)59-27-41-71(42-28-59)84(69-22-11-4-12-23-69)75-49-35-65(36-50-75)81-56-54-79(87-81)63-17-7-2-8-18-63/h1-57H. The van der Waals surface area contributed by atoms with Gasteiger partial charge >= 0.3 is 0 Å². The zero-order valence-corrected chi connectivity index (χ0v) is 50.4. The molecule has 0 aliphatic rings. The van der Waals surface area contributed by atoms with Gasteiger partial charge in [0.15, 0.2) is 0 Å². The molecule has 0 aliphatic heterocycles. The van der Waals surface area contributed by atoms with Crippen molar-refractivity contribution in [2.24, 2.45) is 0 Å². The summed E-state index contributed by atoms with van der Waals surface area (Å²) in [6, 6.07) is 125. The van der Waals surface area contributed by atoms with E-state index in [1.165, 1.54) is 62.3 Å². The van der Waals surface area contributed by atoms with E-state index >= 15 is 0 Å². The van der Waals surface area contributed by atoms with Crippen LogP contribution in [0.5, 0.6) is 0 Å². The molecule has 0 saturated carbocycles. The molecule has 0 amide bonds. The van der Waals surface area contributed by atoms with Gasteiger partial charge in [-0.05, 0) is 201 Å². The maximum absolute atomic E-state index is 2.36. The quantitative estimate of drug-likeness (QED) is 0.0955. The van der Waals surface area contributed by atoms with Crippen molar-refractivity contribution in [3.63, 3.8) is 0 Å². The van der Waals surface area contributed by atoms with Crippen molar-refractivity contribution < 1.29 is 0 Å². The third-order valence-corrected chi connectivity index (χ3v) is 19.7. The van der Waals surface area contributed by atoms with E-state index in [4.69, 9.17) is 0 Å². The van der Waals surface area contributed by atoms with Crippen LogP contribution in [-0.4, -0.2) is 0 Å². The highest BCUT2D eigenvalue weighted by molar-refractivity contribution is 7.22. The molecule has 3 heterocycles. The number of hydrogen-bond donors (Lipinski definition) is 0. The van der Waals surface area contributed by atoms with Crippen LogP contribution < -0.4 is 14.7 Å². The summed E-state index contributed by atoms with van der Waals surface area (Å²) >= 11 is 5.49. The minimum absolute atomic E-state index is 1.07. The second-order valence-corrected chi connectivity index (χ2v) is 25.0. The van der Waals surface area contributed by atoms with E-state index in [0.717, 1.165) is 73.4 Å². The first kappa shape index (κ1) is 54.1. The summed E-state index contributed by atoms with van der Waals surface area (Å²) in [5.41, 5.74) is 20.6. The van der Waals surface area contributed by atoms with Gasteiger partial charge in [0.1, 0.15) is 0 Å². The van der Waals surface area contributed by atoms with Crippen molar-refractivity contribution in [2.45, 2.75) is 0 Å². The Morgan fingerprint density at radius 3 is 0.682 bits per heavy atom. The molecule has 0 saturated heterocycles. The monoisotopic (exact) mass is 1180 g/mol. The fraction of sp³-hybridized carbons (Fsp3) is 0. The van der Waals surface area contributed by atoms with E-state index in [0.29, 0.717) is 0 Å². The number of nitrogens with zero attached hydrogens (tertiary/aromatic N) is 3. The van der Waals surface area contributed by atoms with Crippen LogP contribution in [0.15, 0.2) is 346 Å². The van der Waals surface area contributed by atoms with E-state index in [1.807, 2.05) is 34.0 Å². The average Bonchev–Trinajstić information content (AvgIpc) is 3.38. The molecule has 0 radical (unpaired) electrons. The topological polar surface area (TPSA) is 9.72 Å². The molecule has 15 aromatic rings. The fourth-order valence-corrected chi connectivity index (χ4v) is 14.8. The minimum Gasteiger partial charge on any atom is -0.311 e. The average molecular weight is 1180 g/mol. The molecule has 0 N–H and O–H groups in total. The SMILES string of the molecule is c1ccc(-c2ccc(-c3ccc(N(c4ccccc4)c4ccc(-c5ccc(N(c6ccc(-c7ccc(N(c8ccccc8)c8ccc(-c9ccc(-c%10ccccc%10)s9)cc8)cc7)cc6)c6ccc(-c7cc8ccccc8s7)cc6)cc5)cc4)cc3)s2)cc1. The molecule has 88 heavy (non-hydrogen) atoms. The smallest absolute Gasteiger partial charge is 0.0462 e. The van der Waals surface area contributed by atoms with Crippen molar-refractivity contribution in [3.8, 4) is 74.5 Å². The molecule has 0 bridgehead atoms. The number of rotatable bonds is 16. The third-order valence-electron chi connectivity index (χ3n) is 16.2. The van der Waals surface area contributed by atoms with Crippen LogP contribution in [-0.2, 0) is 0 Å². The van der Waals surface area contributed by atoms with Crippen LogP contribution in [0.4, 0.5) is 51.2 Å². The predicted molar refractivity (Wildman–Crippen MR) is 380 cm³/mol. The van der Waals surface area contributed by atoms with Crippen LogP contribution in [0, 0.1) is 0 Å². The van der Waals surface area contributed by atoms with Gasteiger partial charge in [-0.25, -0.2) is 0 Å². The van der Waals surface area contributed by atoms with Gasteiger partial charge in [0.2, 0.25) is 0 Å². The molecule has 418 valence electrons. The molecule has 0 aliphatic carbocycles. The second kappa shape index (κ2) is 24.4. The van der Waals surface area contributed by atoms with E-state index < -0.39 is 0 Å². The lowest BCUT2D eigenvalue weighted by molar-refractivity contribution is 1.28. The van der Waals surface area contributed by atoms with Crippen LogP contribution in [0.1, 0.15) is 0 Å². The van der Waals surface area contributed by atoms with Crippen molar-refractivity contribution in [1.82, 2.24) is 0 Å². The first-order valence-corrected chi connectivity index (χ1v) is 32.1. The lowest BCUT2D eigenvalue weighted by atomic mass is 10.0. The van der Waals surface area contributed by atoms with Gasteiger partial charge in [-0.2, -0.15) is 0 Å². The Bertz CT molecular complexity index is 4490. The lowest BCUT2D eigenvalue weighted by Crippen LogP contribution is -2.10. The van der Waals surface area contributed by atoms with Crippen molar-refractivity contribution in [1.29, 1.82) is 0 Å². The molecular formula is C82H57N3S3. The minimum atomic E-state index is 1.07. The summed E-state index contributed by atoms with van der Waals surface area (Å²) in [7, 11) is 0. The van der Waals surface area contributed by atoms with Gasteiger partial charge in [0.05, 0.1) is 0 Å². The summed E-state index contributed by atoms with van der Waals surface area (Å²) < 4.78 is 1.30. The number of anilines is 9. The summed E-state index contributed by atoms with van der Waals surface area (Å²) in [5.74, 6) is 0. The normalized spacial score (nSPS) is 11.2. The predicted octanol–water partition coefficient (Wildman–Crippen LogP) is 25.1. The van der Waals surface area contributed by atoms with E-state index in [-0.39, 0.29) is 0 Å². The summed E-state index contributed by atoms with van der Waals surface area (Å²) in [5, 5.41) is 1.27. The molecule has 3 aromatic heterocycles. The highest BCUT2D eigenvalue weighted by Gasteiger charge is 2.19. The Labute approximate surface area is 526 Å². The zero-order chi connectivity index (χ0) is 58.6. The highest BCUT2D eigenvalue weighted by Crippen LogP contribution is 2.44. The van der Waals surface area contributed by atoms with Crippen molar-refractivity contribution >= 4 is 95.3 Å². The Kier molecular flexibility index (Phi) is 15.0. The number of thiophene rings is 3. The Morgan fingerprint density at radius 1 is 0.159 bits per heavy atom. The van der Waals surface area contributed by atoms with Gasteiger partial charge in [-0.3, -0.25) is 0 Å². The molecule has 0 atom stereocenters. The lowest BCUT2D eigenvalue weighted by Gasteiger charge is -2.27. The fourth-order valence-electron chi connectivity index (χ4n) is 11.7. The van der Waals surface area contributed by atoms with Gasteiger partial charge < -0.3 is 14.7 Å². The van der Waals surface area contributed by atoms with E-state index in [1.54, 1.807) is 0 Å². The van der Waals surface area contributed by atoms with Crippen LogP contribution >= 0.6 is 34.0 Å². The van der Waals surface area contributed by atoms with Gasteiger partial charge in [0, 0.05) is 80.3 Å². The Hall–Kier alpha value is -10.6. The number of hydrogen-bond acceptors (Lipinski definition) is 6.